The maximum absolute atomic E-state index is 13.8. The van der Waals surface area contributed by atoms with Crippen LogP contribution in [-0.2, 0) is 16.6 Å². The molecular formula is C14H14ClFN2O2S. The average Bonchev–Trinajstić information content (AvgIpc) is 2.42. The Bertz CT molecular complexity index is 761. The van der Waals surface area contributed by atoms with Crippen LogP contribution in [-0.4, -0.2) is 8.42 Å². The van der Waals surface area contributed by atoms with Gasteiger partial charge in [-0.3, -0.25) is 0 Å². The van der Waals surface area contributed by atoms with Crippen molar-refractivity contribution in [3.63, 3.8) is 0 Å². The lowest BCUT2D eigenvalue weighted by atomic mass is 10.2. The van der Waals surface area contributed by atoms with Gasteiger partial charge in [-0.25, -0.2) is 17.5 Å². The lowest BCUT2D eigenvalue weighted by molar-refractivity contribution is 0.556. The topological polar surface area (TPSA) is 72.2 Å². The Hall–Kier alpha value is -1.63. The molecule has 21 heavy (non-hydrogen) atoms. The minimum atomic E-state index is -3.98. The second-order valence-corrected chi connectivity index (χ2v) is 6.76. The van der Waals surface area contributed by atoms with Gasteiger partial charge in [-0.2, -0.15) is 0 Å². The van der Waals surface area contributed by atoms with Crippen molar-refractivity contribution in [2.75, 3.05) is 5.73 Å². The van der Waals surface area contributed by atoms with Crippen molar-refractivity contribution in [3.05, 3.63) is 58.4 Å². The summed E-state index contributed by atoms with van der Waals surface area (Å²) in [6.45, 7) is 1.64. The molecule has 0 saturated carbocycles. The Morgan fingerprint density at radius 2 is 1.86 bits per heavy atom. The molecule has 0 aliphatic heterocycles. The molecule has 0 saturated heterocycles. The van der Waals surface area contributed by atoms with Crippen molar-refractivity contribution in [2.45, 2.75) is 18.4 Å². The number of aryl methyl sites for hydroxylation is 1. The van der Waals surface area contributed by atoms with Gasteiger partial charge in [-0.05, 0) is 42.3 Å². The molecule has 0 bridgehead atoms. The van der Waals surface area contributed by atoms with Crippen LogP contribution in [0.5, 0.6) is 0 Å². The number of benzene rings is 2. The summed E-state index contributed by atoms with van der Waals surface area (Å²) >= 11 is 5.75. The predicted octanol–water partition coefficient (Wildman–Crippen LogP) is 2.85. The van der Waals surface area contributed by atoms with Crippen molar-refractivity contribution in [1.82, 2.24) is 4.72 Å². The molecule has 0 heterocycles. The third-order valence-electron chi connectivity index (χ3n) is 2.99. The van der Waals surface area contributed by atoms with E-state index in [2.05, 4.69) is 4.72 Å². The quantitative estimate of drug-likeness (QED) is 0.848. The third-order valence-corrected chi connectivity index (χ3v) is 4.66. The number of nitrogens with one attached hydrogen (secondary N) is 1. The minimum Gasteiger partial charge on any atom is -0.398 e. The van der Waals surface area contributed by atoms with E-state index in [9.17, 15) is 12.8 Å². The van der Waals surface area contributed by atoms with E-state index < -0.39 is 20.7 Å². The monoisotopic (exact) mass is 328 g/mol. The van der Waals surface area contributed by atoms with E-state index in [0.717, 1.165) is 12.1 Å². The number of hydrogen-bond donors (Lipinski definition) is 2. The van der Waals surface area contributed by atoms with Crippen molar-refractivity contribution < 1.29 is 12.8 Å². The summed E-state index contributed by atoms with van der Waals surface area (Å²) in [6.07, 6.45) is 0. The second-order valence-electron chi connectivity index (χ2n) is 4.59. The van der Waals surface area contributed by atoms with E-state index >= 15 is 0 Å². The molecule has 2 aromatic rings. The van der Waals surface area contributed by atoms with E-state index in [-0.39, 0.29) is 12.2 Å². The Labute approximate surface area is 127 Å². The van der Waals surface area contributed by atoms with Crippen LogP contribution in [0.2, 0.25) is 5.02 Å². The Kier molecular flexibility index (Phi) is 4.51. The molecule has 0 atom stereocenters. The van der Waals surface area contributed by atoms with Crippen LogP contribution in [0.15, 0.2) is 41.3 Å². The Balaban J connectivity index is 2.22. The van der Waals surface area contributed by atoms with E-state index in [1.807, 2.05) is 0 Å². The number of nitrogen functional groups attached to an aromatic ring is 1. The van der Waals surface area contributed by atoms with Gasteiger partial charge < -0.3 is 5.73 Å². The van der Waals surface area contributed by atoms with E-state index in [1.54, 1.807) is 31.2 Å². The van der Waals surface area contributed by atoms with Crippen molar-refractivity contribution >= 4 is 27.3 Å². The first kappa shape index (κ1) is 15.8. The maximum Gasteiger partial charge on any atom is 0.243 e. The molecule has 4 nitrogen and oxygen atoms in total. The fourth-order valence-electron chi connectivity index (χ4n) is 1.73. The number of rotatable bonds is 4. The van der Waals surface area contributed by atoms with Crippen LogP contribution in [0.1, 0.15) is 11.1 Å². The first-order valence-electron chi connectivity index (χ1n) is 6.09. The molecule has 0 aromatic heterocycles. The van der Waals surface area contributed by atoms with Gasteiger partial charge in [-0.1, -0.05) is 23.7 Å². The van der Waals surface area contributed by atoms with Gasteiger partial charge in [0, 0.05) is 17.3 Å². The first-order valence-corrected chi connectivity index (χ1v) is 7.95. The summed E-state index contributed by atoms with van der Waals surface area (Å²) < 4.78 is 40.4. The highest BCUT2D eigenvalue weighted by molar-refractivity contribution is 7.89. The van der Waals surface area contributed by atoms with Crippen LogP contribution in [0.4, 0.5) is 10.1 Å². The van der Waals surface area contributed by atoms with Gasteiger partial charge in [0.05, 0.1) is 0 Å². The van der Waals surface area contributed by atoms with E-state index in [0.29, 0.717) is 16.1 Å². The molecular weight excluding hydrogens is 315 g/mol. The minimum absolute atomic E-state index is 0.0344. The summed E-state index contributed by atoms with van der Waals surface area (Å²) in [5, 5.41) is 0.555. The zero-order valence-corrected chi connectivity index (χ0v) is 12.8. The van der Waals surface area contributed by atoms with Crippen LogP contribution < -0.4 is 10.5 Å². The van der Waals surface area contributed by atoms with Gasteiger partial charge in [0.25, 0.3) is 0 Å². The van der Waals surface area contributed by atoms with E-state index in [1.165, 1.54) is 0 Å². The number of halogens is 2. The van der Waals surface area contributed by atoms with Gasteiger partial charge in [0.1, 0.15) is 10.7 Å². The molecule has 3 N–H and O–H groups in total. The molecule has 0 unspecified atom stereocenters. The summed E-state index contributed by atoms with van der Waals surface area (Å²) in [5.41, 5.74) is 7.06. The molecule has 0 aliphatic carbocycles. The fraction of sp³-hybridized carbons (Fsp3) is 0.143. The summed E-state index contributed by atoms with van der Waals surface area (Å²) in [4.78, 5) is -0.459. The SMILES string of the molecule is Cc1cc(F)c(S(=O)(=O)NCc2ccc(Cl)cc2)cc1N. The Morgan fingerprint density at radius 1 is 1.24 bits per heavy atom. The van der Waals surface area contributed by atoms with Gasteiger partial charge in [0.15, 0.2) is 0 Å². The van der Waals surface area contributed by atoms with Crippen molar-refractivity contribution in [2.24, 2.45) is 0 Å². The average molecular weight is 329 g/mol. The van der Waals surface area contributed by atoms with Crippen molar-refractivity contribution in [3.8, 4) is 0 Å². The lowest BCUT2D eigenvalue weighted by Gasteiger charge is -2.10. The molecule has 2 rings (SSSR count). The molecule has 0 fully saturated rings. The largest absolute Gasteiger partial charge is 0.398 e. The highest BCUT2D eigenvalue weighted by atomic mass is 35.5. The fourth-order valence-corrected chi connectivity index (χ4v) is 2.97. The molecule has 112 valence electrons. The zero-order valence-electron chi connectivity index (χ0n) is 11.2. The zero-order chi connectivity index (χ0) is 15.6. The molecule has 0 amide bonds. The maximum atomic E-state index is 13.8. The van der Waals surface area contributed by atoms with Crippen LogP contribution in [0.25, 0.3) is 0 Å². The van der Waals surface area contributed by atoms with E-state index in [4.69, 9.17) is 17.3 Å². The highest BCUT2D eigenvalue weighted by Gasteiger charge is 2.20. The van der Waals surface area contributed by atoms with Gasteiger partial charge in [-0.15, -0.1) is 0 Å². The summed E-state index contributed by atoms with van der Waals surface area (Å²) in [5.74, 6) is -0.828. The second kappa shape index (κ2) is 6.01. The van der Waals surface area contributed by atoms with Crippen LogP contribution >= 0.6 is 11.6 Å². The van der Waals surface area contributed by atoms with Gasteiger partial charge >= 0.3 is 0 Å². The van der Waals surface area contributed by atoms with Gasteiger partial charge in [0.2, 0.25) is 10.0 Å². The molecule has 0 spiro atoms. The Morgan fingerprint density at radius 3 is 2.48 bits per heavy atom. The molecule has 0 radical (unpaired) electrons. The van der Waals surface area contributed by atoms with Crippen molar-refractivity contribution in [1.29, 1.82) is 0 Å². The standard InChI is InChI=1S/C14H14ClFN2O2S/c1-9-6-12(16)14(7-13(9)17)21(19,20)18-8-10-2-4-11(15)5-3-10/h2-7,18H,8,17H2,1H3. The lowest BCUT2D eigenvalue weighted by Crippen LogP contribution is -2.24. The summed E-state index contributed by atoms with van der Waals surface area (Å²) in [6, 6.07) is 8.89. The predicted molar refractivity (Wildman–Crippen MR) is 81.0 cm³/mol. The third kappa shape index (κ3) is 3.72. The number of sulfonamides is 1. The van der Waals surface area contributed by atoms with Crippen LogP contribution in [0, 0.1) is 12.7 Å². The smallest absolute Gasteiger partial charge is 0.243 e. The normalized spacial score (nSPS) is 11.6. The first-order chi connectivity index (χ1) is 9.79. The van der Waals surface area contributed by atoms with Crippen LogP contribution in [0.3, 0.4) is 0 Å². The highest BCUT2D eigenvalue weighted by Crippen LogP contribution is 2.21. The molecule has 0 aliphatic rings. The summed E-state index contributed by atoms with van der Waals surface area (Å²) in [7, 11) is -3.98. The number of nitrogens with two attached hydrogens (primary N) is 1. The molecule has 2 aromatic carbocycles. The molecule has 7 heteroatoms. The number of anilines is 1. The number of hydrogen-bond acceptors (Lipinski definition) is 3.